The maximum absolute atomic E-state index is 15.7. The summed E-state index contributed by atoms with van der Waals surface area (Å²) in [6, 6.07) is 21.8. The van der Waals surface area contributed by atoms with Gasteiger partial charge >= 0.3 is 53.3 Å². The van der Waals surface area contributed by atoms with Gasteiger partial charge in [0.1, 0.15) is 61.5 Å². The zero-order valence-electron chi connectivity index (χ0n) is 63.5. The molecular formula is C76H77F6LiN12O14S4Si. The number of esters is 2. The van der Waals surface area contributed by atoms with Crippen LogP contribution in [0.5, 0.6) is 0 Å². The number of nitrogens with two attached hydrogens (primary N) is 2. The van der Waals surface area contributed by atoms with E-state index in [-0.39, 0.29) is 91.9 Å². The molecule has 0 bridgehead atoms. The molecule has 596 valence electrons. The van der Waals surface area contributed by atoms with Crippen LogP contribution in [-0.4, -0.2) is 143 Å². The van der Waals surface area contributed by atoms with Crippen molar-refractivity contribution in [2.24, 2.45) is 44.2 Å². The smallest absolute Gasteiger partial charge is 0.870 e. The van der Waals surface area contributed by atoms with Crippen molar-refractivity contribution in [3.05, 3.63) is 212 Å². The van der Waals surface area contributed by atoms with Gasteiger partial charge in [0, 0.05) is 67.7 Å². The second-order valence-corrected chi connectivity index (χ2v) is 39.7. The number of ether oxygens (including phenoxy) is 4. The average Bonchev–Trinajstić information content (AvgIpc) is 1.53. The molecule has 1 amide bonds. The SMILES string of the molecule is O=S(=O)(O)O.[C-]#[N+]c1ccc(/C(F)=C/c2ccc(F)c([C@@]3(C)N=C(N(COCC[Si](C)(C)C)C(=O)OC(C)(C)C)S[C@@]4(C(=O)OC)C[C@H]43)c2)nc1.[C-]#[N+]c1ccc(/C(F)=C/c2ccc(F)c([C@@]3(C)N=C(N)S[C@@]4(C(=O)O)C[C@H]43)c2)nc1.[C-]#[N+]c1ccc(/C(F)=C/c2ccc(F)c([C@@]3(C)N=C(N)S[C@@]4(C(=O)OC)C[C@H]43)c2)nc1.[Li+].[OH-]. The maximum atomic E-state index is 15.7. The molecule has 114 heavy (non-hydrogen) atoms. The first-order valence-corrected chi connectivity index (χ1v) is 41.5. The van der Waals surface area contributed by atoms with Crippen molar-refractivity contribution in [2.45, 2.75) is 123 Å². The normalized spacial score (nSPS) is 24.3. The maximum Gasteiger partial charge on any atom is 1.00 e. The zero-order chi connectivity index (χ0) is 82.6. The summed E-state index contributed by atoms with van der Waals surface area (Å²) in [6.07, 6.45) is 7.84. The molecule has 9 atom stereocenters. The third kappa shape index (κ3) is 20.7. The van der Waals surface area contributed by atoms with E-state index in [0.717, 1.165) is 41.3 Å². The number of pyridine rings is 3. The standard InChI is InChI=1S/C33H40F2N4O5SSi.C22H18F2N4O2S.C21H16F2N4O2S.Li.H2O4S.H2O/c1-31(2,3)44-30(41)39(20-43-14-15-46(7,8)9)29-38-32(4,27-18-33(27,45-29)28(40)42-6)23-16-21(10-12-24(23)34)17-25(35)26-13-11-22(36-5)19-37-26;1-21(18-10-22(18,19(29)30-3)31-20(25)28-21)14-8-12(4-6-15(14)23)9-16(24)17-7-5-13(26-2)11-27-17;1-20(17-9-21(17,18(28)29)30-19(24)27-20)13-7-11(3-5-14(13)22)8-15(23)16-6-4-12(25-2)10-26-16;;1-5(2,3)4;/h10-13,16-17,19,27H,14-15,18,20H2,1-4,6-9H3;4-9,11,18H,10H2,1,3H3,(H2,25,28);3-8,10,17H,9H2,1H3,(H2,24,27)(H,28,29);;(H2,1,2,3,4);1H2/q;;;+1;;/p-1/b25-17-;16-9-;15-8-;;;/t27-,32+,33-;18-,21+,22-;17-,20+,21-;;;/m000.../s1. The number of carboxylic acid groups (broad SMARTS) is 1. The van der Waals surface area contributed by atoms with Gasteiger partial charge in [0.25, 0.3) is 0 Å². The van der Waals surface area contributed by atoms with Crippen LogP contribution in [0.15, 0.2) is 125 Å². The van der Waals surface area contributed by atoms with E-state index in [1.807, 2.05) is 0 Å². The second-order valence-electron chi connectivity index (χ2n) is 29.2. The molecule has 38 heteroatoms. The predicted octanol–water partition coefficient (Wildman–Crippen LogP) is 13.0. The van der Waals surface area contributed by atoms with Crippen molar-refractivity contribution in [1.82, 2.24) is 19.9 Å². The number of halogens is 6. The number of carbonyl (C=O) groups is 4. The van der Waals surface area contributed by atoms with Crippen LogP contribution < -0.4 is 30.3 Å². The van der Waals surface area contributed by atoms with Crippen molar-refractivity contribution < 1.29 is 111 Å². The molecule has 0 saturated heterocycles. The van der Waals surface area contributed by atoms with Crippen LogP contribution >= 0.6 is 35.3 Å². The largest absolute Gasteiger partial charge is 1.00 e. The van der Waals surface area contributed by atoms with E-state index in [1.165, 1.54) is 147 Å². The Labute approximate surface area is 679 Å². The third-order valence-electron chi connectivity index (χ3n) is 19.0. The van der Waals surface area contributed by atoms with Gasteiger partial charge in [0.2, 0.25) is 17.1 Å². The number of rotatable bonds is 17. The Hall–Kier alpha value is -9.68. The summed E-state index contributed by atoms with van der Waals surface area (Å²) < 4.78 is 140. The summed E-state index contributed by atoms with van der Waals surface area (Å²) in [7, 11) is -3.51. The Balaban J connectivity index is 0.000000234. The van der Waals surface area contributed by atoms with Crippen molar-refractivity contribution in [3.8, 4) is 0 Å². The van der Waals surface area contributed by atoms with Crippen LogP contribution in [0.2, 0.25) is 25.7 Å². The predicted molar refractivity (Wildman–Crippen MR) is 420 cm³/mol. The van der Waals surface area contributed by atoms with E-state index in [9.17, 15) is 41.8 Å². The number of carbonyl (C=O) groups excluding carboxylic acids is 3. The fraction of sp³-hybridized carbons (Fsp3) is 0.355. The van der Waals surface area contributed by atoms with Gasteiger partial charge in [-0.15, -0.1) is 0 Å². The molecule has 6 heterocycles. The van der Waals surface area contributed by atoms with Crippen LogP contribution in [0.4, 0.5) is 48.2 Å². The molecule has 6 aromatic rings. The average molecular weight is 1660 g/mol. The Morgan fingerprint density at radius 1 is 0.605 bits per heavy atom. The summed E-state index contributed by atoms with van der Waals surface area (Å²) in [5.41, 5.74) is 10.1. The molecule has 26 nitrogen and oxygen atoms in total. The molecule has 3 aromatic heterocycles. The van der Waals surface area contributed by atoms with Gasteiger partial charge in [0.15, 0.2) is 15.5 Å². The first-order valence-electron chi connectivity index (χ1n) is 33.9. The van der Waals surface area contributed by atoms with E-state index in [4.69, 9.17) is 72.6 Å². The summed E-state index contributed by atoms with van der Waals surface area (Å²) >= 11 is 3.23. The molecule has 3 aromatic carbocycles. The van der Waals surface area contributed by atoms with Crippen LogP contribution in [0.25, 0.3) is 50.2 Å². The Kier molecular flexibility index (Phi) is 28.6. The minimum absolute atomic E-state index is 0. The molecule has 6 aliphatic rings. The van der Waals surface area contributed by atoms with E-state index < -0.39 is 126 Å². The van der Waals surface area contributed by atoms with Gasteiger partial charge in [-0.1, -0.05) is 91.3 Å². The van der Waals surface area contributed by atoms with Gasteiger partial charge in [-0.25, -0.2) is 50.6 Å². The zero-order valence-corrected chi connectivity index (χ0v) is 67.8. The summed E-state index contributed by atoms with van der Waals surface area (Å²) in [5.74, 6) is -6.77. The van der Waals surface area contributed by atoms with Crippen LogP contribution in [0.3, 0.4) is 0 Å². The first kappa shape index (κ1) is 91.5. The van der Waals surface area contributed by atoms with Crippen molar-refractivity contribution >= 4 is 146 Å². The topological polar surface area (TPSA) is 374 Å². The number of fused-ring (bicyclic) bond motifs is 3. The van der Waals surface area contributed by atoms with Crippen LogP contribution in [-0.2, 0) is 60.3 Å². The third-order valence-corrected chi connectivity index (χ3v) is 24.7. The minimum atomic E-state index is -4.67. The molecule has 3 saturated carbocycles. The van der Waals surface area contributed by atoms with E-state index in [2.05, 4.69) is 59.1 Å². The number of carboxylic acids is 1. The first-order chi connectivity index (χ1) is 52.3. The van der Waals surface area contributed by atoms with Gasteiger partial charge in [0.05, 0.1) is 67.6 Å². The fourth-order valence-electron chi connectivity index (χ4n) is 13.1. The molecule has 0 unspecified atom stereocenters. The number of methoxy groups -OCH3 is 2. The molecule has 8 N–H and O–H groups in total. The van der Waals surface area contributed by atoms with E-state index in [1.54, 1.807) is 41.5 Å². The Morgan fingerprint density at radius 3 is 1.25 bits per heavy atom. The molecule has 3 aliphatic heterocycles. The van der Waals surface area contributed by atoms with Gasteiger partial charge in [-0.05, 0) is 156 Å². The summed E-state index contributed by atoms with van der Waals surface area (Å²) in [6.45, 7) is 38.1. The van der Waals surface area contributed by atoms with Crippen LogP contribution in [0.1, 0.15) is 111 Å². The van der Waals surface area contributed by atoms with Crippen molar-refractivity contribution in [1.29, 1.82) is 0 Å². The van der Waals surface area contributed by atoms with Gasteiger partial charge < -0.3 is 41.0 Å². The number of nitrogens with zero attached hydrogens (tertiary/aromatic N) is 10. The number of benzene rings is 3. The fourth-order valence-corrected chi connectivity index (χ4v) is 18.1. The monoisotopic (exact) mass is 1660 g/mol. The minimum Gasteiger partial charge on any atom is -0.870 e. The Morgan fingerprint density at radius 2 is 0.939 bits per heavy atom. The number of amidine groups is 3. The summed E-state index contributed by atoms with van der Waals surface area (Å²) in [4.78, 5) is 87.5. The van der Waals surface area contributed by atoms with E-state index >= 15 is 8.78 Å². The van der Waals surface area contributed by atoms with Crippen molar-refractivity contribution in [3.63, 3.8) is 0 Å². The van der Waals surface area contributed by atoms with Crippen molar-refractivity contribution in [2.75, 3.05) is 27.6 Å². The van der Waals surface area contributed by atoms with Gasteiger partial charge in [-0.2, -0.15) is 8.42 Å². The number of aromatic nitrogens is 3. The number of thioether (sulfide) groups is 3. The molecule has 3 fully saturated rings. The molecule has 12 rings (SSSR count). The summed E-state index contributed by atoms with van der Waals surface area (Å²) in [5, 5.41) is 10.0. The molecule has 3 aliphatic carbocycles. The number of hydrogen-bond acceptors (Lipinski definition) is 22. The number of aliphatic carboxylic acids is 1. The van der Waals surface area contributed by atoms with Crippen LogP contribution in [0, 0.1) is 54.9 Å². The quantitative estimate of drug-likeness (QED) is 0.00827. The van der Waals surface area contributed by atoms with E-state index in [0.29, 0.717) is 53.9 Å². The number of hydrogen-bond donors (Lipinski definition) is 5. The Bertz CT molecular complexity index is 5170. The number of amides is 1. The molecular weight excluding hydrogens is 1580 g/mol. The second kappa shape index (κ2) is 35.6. The molecule has 0 spiro atoms. The molecule has 0 radical (unpaired) electrons. The van der Waals surface area contributed by atoms with Gasteiger partial charge in [-0.3, -0.25) is 53.4 Å². The number of aliphatic imine (C=N–C) groups is 3.